The molecule has 1 amide bonds. The highest BCUT2D eigenvalue weighted by Gasteiger charge is 2.32. The minimum Gasteiger partial charge on any atom is -0.487 e. The Hall–Kier alpha value is -2.86. The van der Waals surface area contributed by atoms with E-state index < -0.39 is 0 Å². The first-order valence-corrected chi connectivity index (χ1v) is 10.3. The highest BCUT2D eigenvalue weighted by Crippen LogP contribution is 2.42. The zero-order valence-electron chi connectivity index (χ0n) is 16.3. The number of carbonyl (C=O) groups excluding carboxylic acids is 1. The lowest BCUT2D eigenvalue weighted by molar-refractivity contribution is -0.110. The van der Waals surface area contributed by atoms with Gasteiger partial charge in [0.05, 0.1) is 11.3 Å². The third-order valence-corrected chi connectivity index (χ3v) is 5.88. The highest BCUT2D eigenvalue weighted by molar-refractivity contribution is 6.36. The first-order chi connectivity index (χ1) is 14.2. The SMILES string of the molecule is O=C1Nc2cc(F)ccc2/C1=C1\OCc2cc(NCCN3CCCCC3)ccc21. The van der Waals surface area contributed by atoms with Crippen molar-refractivity contribution in [2.75, 3.05) is 36.8 Å². The first-order valence-electron chi connectivity index (χ1n) is 10.3. The summed E-state index contributed by atoms with van der Waals surface area (Å²) in [6.45, 7) is 4.79. The Kier molecular flexibility index (Phi) is 4.72. The van der Waals surface area contributed by atoms with Crippen molar-refractivity contribution in [2.45, 2.75) is 25.9 Å². The second-order valence-electron chi connectivity index (χ2n) is 7.84. The molecule has 0 unspecified atom stereocenters. The largest absolute Gasteiger partial charge is 0.487 e. The molecule has 150 valence electrons. The minimum absolute atomic E-state index is 0.253. The second-order valence-corrected chi connectivity index (χ2v) is 7.84. The Morgan fingerprint density at radius 2 is 1.90 bits per heavy atom. The standard InChI is InChI=1S/C23H24FN3O2/c24-16-4-6-19-20(13-16)26-23(28)21(19)22-18-7-5-17(12-15(18)14-29-22)25-8-11-27-9-2-1-3-10-27/h4-7,12-13,25H,1-3,8-11,14H2,(H,26,28)/b22-21+. The molecule has 0 spiro atoms. The Balaban J connectivity index is 1.35. The average molecular weight is 393 g/mol. The van der Waals surface area contributed by atoms with Crippen LogP contribution in [0, 0.1) is 5.82 Å². The number of fused-ring (bicyclic) bond motifs is 2. The fraction of sp³-hybridized carbons (Fsp3) is 0.348. The molecular weight excluding hydrogens is 369 g/mol. The fourth-order valence-electron chi connectivity index (χ4n) is 4.39. The summed E-state index contributed by atoms with van der Waals surface area (Å²) < 4.78 is 19.4. The van der Waals surface area contributed by atoms with Gasteiger partial charge in [0.2, 0.25) is 0 Å². The van der Waals surface area contributed by atoms with E-state index in [2.05, 4.69) is 21.6 Å². The predicted molar refractivity (Wildman–Crippen MR) is 112 cm³/mol. The number of carbonyl (C=O) groups is 1. The number of amides is 1. The van der Waals surface area contributed by atoms with Crippen LogP contribution in [0.1, 0.15) is 36.0 Å². The number of hydrogen-bond acceptors (Lipinski definition) is 4. The summed E-state index contributed by atoms with van der Waals surface area (Å²) in [6.07, 6.45) is 3.96. The maximum absolute atomic E-state index is 13.5. The van der Waals surface area contributed by atoms with E-state index in [1.54, 1.807) is 6.07 Å². The van der Waals surface area contributed by atoms with Crippen LogP contribution in [0.15, 0.2) is 36.4 Å². The first kappa shape index (κ1) is 18.2. The monoisotopic (exact) mass is 393 g/mol. The molecule has 2 aromatic carbocycles. The Morgan fingerprint density at radius 3 is 2.76 bits per heavy atom. The summed E-state index contributed by atoms with van der Waals surface area (Å²) in [4.78, 5) is 15.0. The normalized spacial score (nSPS) is 20.8. The van der Waals surface area contributed by atoms with Crippen LogP contribution in [0.3, 0.4) is 0 Å². The molecule has 5 rings (SSSR count). The summed E-state index contributed by atoms with van der Waals surface area (Å²) in [5.41, 5.74) is 4.69. The highest BCUT2D eigenvalue weighted by atomic mass is 19.1. The number of halogens is 1. The number of benzene rings is 2. The molecule has 5 nitrogen and oxygen atoms in total. The van der Waals surface area contributed by atoms with Crippen molar-refractivity contribution in [2.24, 2.45) is 0 Å². The maximum Gasteiger partial charge on any atom is 0.260 e. The van der Waals surface area contributed by atoms with Crippen molar-refractivity contribution < 1.29 is 13.9 Å². The Morgan fingerprint density at radius 1 is 1.07 bits per heavy atom. The third-order valence-electron chi connectivity index (χ3n) is 5.88. The van der Waals surface area contributed by atoms with Gasteiger partial charge in [0.15, 0.2) is 0 Å². The number of anilines is 2. The van der Waals surface area contributed by atoms with Crippen molar-refractivity contribution in [1.29, 1.82) is 0 Å². The lowest BCUT2D eigenvalue weighted by atomic mass is 10.00. The molecular formula is C23H24FN3O2. The van der Waals surface area contributed by atoms with E-state index in [1.165, 1.54) is 44.5 Å². The molecule has 1 saturated heterocycles. The van der Waals surface area contributed by atoms with Crippen molar-refractivity contribution in [3.8, 4) is 0 Å². The van der Waals surface area contributed by atoms with Crippen LogP contribution < -0.4 is 10.6 Å². The average Bonchev–Trinajstić information content (AvgIpc) is 3.27. The zero-order chi connectivity index (χ0) is 19.8. The van der Waals surface area contributed by atoms with Crippen LogP contribution in [0.2, 0.25) is 0 Å². The van der Waals surface area contributed by atoms with Crippen molar-refractivity contribution in [3.05, 3.63) is 58.9 Å². The van der Waals surface area contributed by atoms with E-state index in [4.69, 9.17) is 4.74 Å². The van der Waals surface area contributed by atoms with Crippen LogP contribution in [0.4, 0.5) is 15.8 Å². The van der Waals surface area contributed by atoms with Gasteiger partial charge in [0.25, 0.3) is 5.91 Å². The van der Waals surface area contributed by atoms with Gasteiger partial charge in [0.1, 0.15) is 18.2 Å². The number of hydrogen-bond donors (Lipinski definition) is 2. The van der Waals surface area contributed by atoms with Gasteiger partial charge in [-0.05, 0) is 62.3 Å². The van der Waals surface area contributed by atoms with Gasteiger partial charge in [-0.15, -0.1) is 0 Å². The van der Waals surface area contributed by atoms with Gasteiger partial charge in [-0.25, -0.2) is 4.39 Å². The van der Waals surface area contributed by atoms with Crippen LogP contribution in [-0.2, 0) is 16.1 Å². The molecule has 0 aromatic heterocycles. The van der Waals surface area contributed by atoms with E-state index in [9.17, 15) is 9.18 Å². The third kappa shape index (κ3) is 3.49. The molecule has 0 saturated carbocycles. The number of rotatable bonds is 4. The molecule has 0 bridgehead atoms. The summed E-state index contributed by atoms with van der Waals surface area (Å²) in [6, 6.07) is 10.5. The van der Waals surface area contributed by atoms with E-state index in [0.717, 1.165) is 29.9 Å². The lowest BCUT2D eigenvalue weighted by Crippen LogP contribution is -2.33. The van der Waals surface area contributed by atoms with E-state index >= 15 is 0 Å². The second kappa shape index (κ2) is 7.52. The number of piperidine rings is 1. The number of nitrogens with zero attached hydrogens (tertiary/aromatic N) is 1. The van der Waals surface area contributed by atoms with Crippen LogP contribution in [0.25, 0.3) is 11.3 Å². The van der Waals surface area contributed by atoms with Gasteiger partial charge in [-0.1, -0.05) is 6.42 Å². The molecule has 3 heterocycles. The van der Waals surface area contributed by atoms with Gasteiger partial charge in [-0.2, -0.15) is 0 Å². The topological polar surface area (TPSA) is 53.6 Å². The van der Waals surface area contributed by atoms with Gasteiger partial charge in [-0.3, -0.25) is 4.79 Å². The molecule has 0 radical (unpaired) electrons. The smallest absolute Gasteiger partial charge is 0.260 e. The Bertz CT molecular complexity index is 996. The van der Waals surface area contributed by atoms with Gasteiger partial charge in [0, 0.05) is 35.5 Å². The molecule has 1 fully saturated rings. The van der Waals surface area contributed by atoms with Gasteiger partial charge < -0.3 is 20.3 Å². The Labute approximate surface area is 169 Å². The molecule has 2 aromatic rings. The minimum atomic E-state index is -0.372. The molecule has 29 heavy (non-hydrogen) atoms. The summed E-state index contributed by atoms with van der Waals surface area (Å²) in [5, 5.41) is 6.24. The maximum atomic E-state index is 13.5. The predicted octanol–water partition coefficient (Wildman–Crippen LogP) is 4.07. The van der Waals surface area contributed by atoms with Crippen molar-refractivity contribution in [3.63, 3.8) is 0 Å². The van der Waals surface area contributed by atoms with Crippen molar-refractivity contribution >= 4 is 28.6 Å². The van der Waals surface area contributed by atoms with E-state index in [-0.39, 0.29) is 11.7 Å². The van der Waals surface area contributed by atoms with Crippen LogP contribution in [0.5, 0.6) is 0 Å². The quantitative estimate of drug-likeness (QED) is 0.769. The zero-order valence-corrected chi connectivity index (χ0v) is 16.3. The van der Waals surface area contributed by atoms with Crippen molar-refractivity contribution in [1.82, 2.24) is 4.90 Å². The summed E-state index contributed by atoms with van der Waals surface area (Å²) in [5.74, 6) is -0.0526. The molecule has 0 aliphatic carbocycles. The molecule has 6 heteroatoms. The number of likely N-dealkylation sites (tertiary alicyclic amines) is 1. The lowest BCUT2D eigenvalue weighted by Gasteiger charge is -2.26. The number of nitrogens with one attached hydrogen (secondary N) is 2. The molecule has 3 aliphatic rings. The van der Waals surface area contributed by atoms with E-state index in [0.29, 0.717) is 29.2 Å². The summed E-state index contributed by atoms with van der Waals surface area (Å²) in [7, 11) is 0. The van der Waals surface area contributed by atoms with E-state index in [1.807, 2.05) is 12.1 Å². The molecule has 0 atom stereocenters. The van der Waals surface area contributed by atoms with Crippen LogP contribution in [-0.4, -0.2) is 37.0 Å². The molecule has 2 N–H and O–H groups in total. The van der Waals surface area contributed by atoms with Crippen LogP contribution >= 0.6 is 0 Å². The fourth-order valence-corrected chi connectivity index (χ4v) is 4.39. The number of ether oxygens (including phenoxy) is 1. The van der Waals surface area contributed by atoms with Gasteiger partial charge >= 0.3 is 0 Å². The summed E-state index contributed by atoms with van der Waals surface area (Å²) >= 11 is 0. The molecule has 3 aliphatic heterocycles.